The standard InChI is InChI=1S/C45H27N5/c1-47-45-29(27-46)21-24-40(42(45)28-19-22-30(23-20-28)49-36-16-8-3-11-31(36)32-12-4-9-17-37(32)49)50-38-18-10-6-14-34(38)44-41(50)26-25-39-43(44)33-13-5-7-15-35(33)48(39)2/h3-26H,2H3. The summed E-state index contributed by atoms with van der Waals surface area (Å²) in [7, 11) is 2.12. The van der Waals surface area contributed by atoms with Crippen molar-refractivity contribution in [2.45, 2.75) is 0 Å². The Morgan fingerprint density at radius 2 is 1.04 bits per heavy atom. The molecule has 0 aliphatic carbocycles. The molecule has 0 fully saturated rings. The number of fused-ring (bicyclic) bond motifs is 10. The van der Waals surface area contributed by atoms with E-state index in [1.54, 1.807) is 6.07 Å². The van der Waals surface area contributed by atoms with Crippen LogP contribution < -0.4 is 0 Å². The van der Waals surface area contributed by atoms with Crippen LogP contribution in [0.15, 0.2) is 146 Å². The molecule has 0 atom stereocenters. The topological polar surface area (TPSA) is 42.9 Å². The van der Waals surface area contributed by atoms with Crippen molar-refractivity contribution in [1.82, 2.24) is 13.7 Å². The fraction of sp³-hybridized carbons (Fsp3) is 0.0222. The lowest BCUT2D eigenvalue weighted by Gasteiger charge is -2.17. The van der Waals surface area contributed by atoms with E-state index in [0.29, 0.717) is 11.3 Å². The molecule has 3 heterocycles. The summed E-state index contributed by atoms with van der Waals surface area (Å²) in [4.78, 5) is 4.00. The maximum Gasteiger partial charge on any atom is 0.214 e. The molecule has 0 N–H and O–H groups in total. The summed E-state index contributed by atoms with van der Waals surface area (Å²) in [6, 6.07) is 52.9. The molecule has 5 heteroatoms. The third kappa shape index (κ3) is 3.69. The maximum absolute atomic E-state index is 10.2. The molecule has 10 rings (SSSR count). The van der Waals surface area contributed by atoms with Gasteiger partial charge in [0, 0.05) is 67.3 Å². The van der Waals surface area contributed by atoms with Gasteiger partial charge in [0.15, 0.2) is 0 Å². The van der Waals surface area contributed by atoms with Crippen molar-refractivity contribution in [2.75, 3.05) is 0 Å². The second kappa shape index (κ2) is 10.5. The Balaban J connectivity index is 1.26. The highest BCUT2D eigenvalue weighted by Crippen LogP contribution is 2.45. The second-order valence-electron chi connectivity index (χ2n) is 12.8. The van der Waals surface area contributed by atoms with Crippen molar-refractivity contribution < 1.29 is 0 Å². The number of hydrogen-bond acceptors (Lipinski definition) is 1. The van der Waals surface area contributed by atoms with Crippen LogP contribution in [0.3, 0.4) is 0 Å². The van der Waals surface area contributed by atoms with Crippen LogP contribution in [0.5, 0.6) is 0 Å². The summed E-state index contributed by atoms with van der Waals surface area (Å²) < 4.78 is 6.83. The number of aromatic nitrogens is 3. The van der Waals surface area contributed by atoms with Gasteiger partial charge >= 0.3 is 0 Å². The first-order chi connectivity index (χ1) is 24.7. The fourth-order valence-electron chi connectivity index (χ4n) is 8.20. The molecule has 0 aliphatic heterocycles. The number of nitrogens with zero attached hydrogens (tertiary/aromatic N) is 5. The Kier molecular flexibility index (Phi) is 5.85. The lowest BCUT2D eigenvalue weighted by atomic mass is 9.97. The lowest BCUT2D eigenvalue weighted by Crippen LogP contribution is -1.99. The normalized spacial score (nSPS) is 11.7. The van der Waals surface area contributed by atoms with Crippen LogP contribution in [-0.2, 0) is 7.05 Å². The van der Waals surface area contributed by atoms with E-state index in [2.05, 4.69) is 165 Å². The average Bonchev–Trinajstić information content (AvgIpc) is 3.80. The molecule has 0 unspecified atom stereocenters. The van der Waals surface area contributed by atoms with Crippen LogP contribution in [0.1, 0.15) is 5.56 Å². The van der Waals surface area contributed by atoms with Gasteiger partial charge in [0.25, 0.3) is 0 Å². The van der Waals surface area contributed by atoms with Gasteiger partial charge in [-0.05, 0) is 60.2 Å². The van der Waals surface area contributed by atoms with Crippen LogP contribution in [0.4, 0.5) is 5.69 Å². The Bertz CT molecular complexity index is 3070. The number of benzene rings is 7. The van der Waals surface area contributed by atoms with Gasteiger partial charge in [-0.2, -0.15) is 5.26 Å². The van der Waals surface area contributed by atoms with Gasteiger partial charge in [0.2, 0.25) is 5.69 Å². The summed E-state index contributed by atoms with van der Waals surface area (Å²) >= 11 is 0. The largest absolute Gasteiger partial charge is 0.344 e. The minimum atomic E-state index is 0.354. The number of hydrogen-bond donors (Lipinski definition) is 0. The molecular weight excluding hydrogens is 611 g/mol. The number of para-hydroxylation sites is 4. The van der Waals surface area contributed by atoms with Gasteiger partial charge in [-0.3, -0.25) is 0 Å². The van der Waals surface area contributed by atoms with Gasteiger partial charge in [0.1, 0.15) is 0 Å². The van der Waals surface area contributed by atoms with Crippen molar-refractivity contribution in [3.8, 4) is 28.6 Å². The van der Waals surface area contributed by atoms with Crippen molar-refractivity contribution >= 4 is 71.1 Å². The molecular formula is C45H27N5. The Labute approximate surface area is 287 Å². The highest BCUT2D eigenvalue weighted by Gasteiger charge is 2.23. The summed E-state index contributed by atoms with van der Waals surface area (Å²) in [6.07, 6.45) is 0. The van der Waals surface area contributed by atoms with Crippen molar-refractivity contribution in [2.24, 2.45) is 7.05 Å². The van der Waals surface area contributed by atoms with E-state index >= 15 is 0 Å². The molecule has 5 nitrogen and oxygen atoms in total. The summed E-state index contributed by atoms with van der Waals surface area (Å²) in [6.45, 7) is 8.32. The van der Waals surface area contributed by atoms with Gasteiger partial charge in [-0.25, -0.2) is 4.85 Å². The summed E-state index contributed by atoms with van der Waals surface area (Å²) in [5, 5.41) is 17.3. The third-order valence-corrected chi connectivity index (χ3v) is 10.3. The van der Waals surface area contributed by atoms with E-state index in [1.807, 2.05) is 6.07 Å². The van der Waals surface area contributed by atoms with Crippen LogP contribution in [0.25, 0.3) is 92.8 Å². The molecule has 0 radical (unpaired) electrons. The Morgan fingerprint density at radius 1 is 0.520 bits per heavy atom. The lowest BCUT2D eigenvalue weighted by molar-refractivity contribution is 1.01. The van der Waals surface area contributed by atoms with Crippen molar-refractivity contribution in [3.63, 3.8) is 0 Å². The predicted molar refractivity (Wildman–Crippen MR) is 206 cm³/mol. The highest BCUT2D eigenvalue weighted by atomic mass is 15.0. The van der Waals surface area contributed by atoms with Gasteiger partial charge in [-0.1, -0.05) is 91.0 Å². The third-order valence-electron chi connectivity index (χ3n) is 10.3. The zero-order chi connectivity index (χ0) is 33.5. The Hall–Kier alpha value is -7.08. The molecule has 0 amide bonds. The summed E-state index contributed by atoms with van der Waals surface area (Å²) in [5.74, 6) is 0. The quantitative estimate of drug-likeness (QED) is 0.178. The van der Waals surface area contributed by atoms with E-state index in [1.165, 1.54) is 38.0 Å². The monoisotopic (exact) mass is 637 g/mol. The maximum atomic E-state index is 10.2. The number of nitriles is 1. The molecule has 0 saturated heterocycles. The number of aryl methyl sites for hydroxylation is 1. The van der Waals surface area contributed by atoms with E-state index in [9.17, 15) is 5.26 Å². The minimum Gasteiger partial charge on any atom is -0.344 e. The summed E-state index contributed by atoms with van der Waals surface area (Å²) in [5.41, 5.74) is 11.0. The molecule has 7 aromatic carbocycles. The molecule has 232 valence electrons. The first-order valence-corrected chi connectivity index (χ1v) is 16.6. The first-order valence-electron chi connectivity index (χ1n) is 16.6. The molecule has 10 aromatic rings. The van der Waals surface area contributed by atoms with Crippen LogP contribution in [0.2, 0.25) is 0 Å². The first kappa shape index (κ1) is 28.0. The molecule has 0 saturated carbocycles. The van der Waals surface area contributed by atoms with Crippen LogP contribution in [-0.4, -0.2) is 13.7 Å². The Morgan fingerprint density at radius 3 is 1.66 bits per heavy atom. The molecule has 3 aromatic heterocycles. The van der Waals surface area contributed by atoms with Crippen LogP contribution >= 0.6 is 0 Å². The molecule has 50 heavy (non-hydrogen) atoms. The smallest absolute Gasteiger partial charge is 0.214 e. The van der Waals surface area contributed by atoms with Crippen LogP contribution in [0, 0.1) is 17.9 Å². The predicted octanol–water partition coefficient (Wildman–Crippen LogP) is 11.6. The molecule has 0 spiro atoms. The van der Waals surface area contributed by atoms with E-state index in [4.69, 9.17) is 6.57 Å². The van der Waals surface area contributed by atoms with Gasteiger partial charge in [0.05, 0.1) is 40.3 Å². The zero-order valence-corrected chi connectivity index (χ0v) is 27.1. The van der Waals surface area contributed by atoms with Crippen molar-refractivity contribution in [3.05, 3.63) is 163 Å². The van der Waals surface area contributed by atoms with E-state index in [-0.39, 0.29) is 0 Å². The molecule has 0 aliphatic rings. The SMILES string of the molecule is [C-]#[N+]c1c(C#N)ccc(-n2c3ccccc3c3c4c5ccccc5n(C)c4ccc32)c1-c1ccc(-n2c3ccccc3c3ccccc32)cc1. The van der Waals surface area contributed by atoms with E-state index < -0.39 is 0 Å². The second-order valence-corrected chi connectivity index (χ2v) is 12.8. The van der Waals surface area contributed by atoms with E-state index in [0.717, 1.165) is 50.0 Å². The van der Waals surface area contributed by atoms with Gasteiger partial charge in [-0.15, -0.1) is 0 Å². The number of rotatable bonds is 3. The van der Waals surface area contributed by atoms with Crippen molar-refractivity contribution in [1.29, 1.82) is 5.26 Å². The minimum absolute atomic E-state index is 0.354. The fourth-order valence-corrected chi connectivity index (χ4v) is 8.20. The average molecular weight is 638 g/mol. The molecule has 0 bridgehead atoms. The highest BCUT2D eigenvalue weighted by molar-refractivity contribution is 6.28. The zero-order valence-electron chi connectivity index (χ0n) is 27.1. The van der Waals surface area contributed by atoms with Gasteiger partial charge < -0.3 is 13.7 Å².